The third kappa shape index (κ3) is 7.45. The van der Waals surface area contributed by atoms with Crippen molar-refractivity contribution in [1.29, 1.82) is 0 Å². The van der Waals surface area contributed by atoms with E-state index in [0.29, 0.717) is 13.0 Å². The lowest BCUT2D eigenvalue weighted by molar-refractivity contribution is 0.230. The molecular weight excluding hydrogens is 300 g/mol. The van der Waals surface area contributed by atoms with E-state index in [-0.39, 0.29) is 23.2 Å². The molecule has 0 aromatic heterocycles. The van der Waals surface area contributed by atoms with Gasteiger partial charge in [-0.15, -0.1) is 0 Å². The Morgan fingerprint density at radius 2 is 1.82 bits per heavy atom. The van der Waals surface area contributed by atoms with Crippen LogP contribution in [-0.4, -0.2) is 33.0 Å². The molecule has 0 radical (unpaired) electrons. The minimum absolute atomic E-state index is 0.0830. The van der Waals surface area contributed by atoms with Gasteiger partial charge in [-0.1, -0.05) is 44.2 Å². The lowest BCUT2D eigenvalue weighted by Crippen LogP contribution is -2.42. The molecule has 0 spiro atoms. The molecule has 1 rings (SSSR count). The summed E-state index contributed by atoms with van der Waals surface area (Å²) in [7, 11) is -2.98. The Morgan fingerprint density at radius 3 is 2.36 bits per heavy atom. The van der Waals surface area contributed by atoms with Crippen molar-refractivity contribution in [3.8, 4) is 0 Å². The lowest BCUT2D eigenvalue weighted by atomic mass is 9.90. The van der Waals surface area contributed by atoms with Crippen LogP contribution in [0.1, 0.15) is 38.8 Å². The van der Waals surface area contributed by atoms with E-state index in [9.17, 15) is 13.2 Å². The van der Waals surface area contributed by atoms with E-state index >= 15 is 0 Å². The van der Waals surface area contributed by atoms with Crippen LogP contribution >= 0.6 is 0 Å². The first-order valence-corrected chi connectivity index (χ1v) is 9.42. The van der Waals surface area contributed by atoms with Gasteiger partial charge < -0.3 is 10.6 Å². The van der Waals surface area contributed by atoms with Gasteiger partial charge in [0.2, 0.25) is 0 Å². The second kappa shape index (κ2) is 7.63. The summed E-state index contributed by atoms with van der Waals surface area (Å²) in [4.78, 5) is 11.9. The number of nitrogens with one attached hydrogen (secondary N) is 2. The molecule has 0 aliphatic carbocycles. The number of urea groups is 1. The van der Waals surface area contributed by atoms with Crippen molar-refractivity contribution < 1.29 is 13.2 Å². The molecule has 0 saturated heterocycles. The molecule has 2 amide bonds. The fourth-order valence-electron chi connectivity index (χ4n) is 1.94. The van der Waals surface area contributed by atoms with E-state index in [2.05, 4.69) is 10.6 Å². The number of sulfone groups is 1. The van der Waals surface area contributed by atoms with Crippen LogP contribution in [-0.2, 0) is 9.84 Å². The van der Waals surface area contributed by atoms with Crippen molar-refractivity contribution in [2.75, 3.05) is 18.6 Å². The van der Waals surface area contributed by atoms with E-state index < -0.39 is 9.84 Å². The highest BCUT2D eigenvalue weighted by atomic mass is 32.2. The van der Waals surface area contributed by atoms with Crippen LogP contribution in [0.15, 0.2) is 30.3 Å². The molecule has 0 aliphatic heterocycles. The van der Waals surface area contributed by atoms with Gasteiger partial charge in [0.25, 0.3) is 0 Å². The van der Waals surface area contributed by atoms with E-state index in [1.54, 1.807) is 0 Å². The molecule has 2 N–H and O–H groups in total. The summed E-state index contributed by atoms with van der Waals surface area (Å²) < 4.78 is 22.4. The van der Waals surface area contributed by atoms with Crippen LogP contribution < -0.4 is 10.6 Å². The van der Waals surface area contributed by atoms with Gasteiger partial charge in [-0.3, -0.25) is 0 Å². The smallest absolute Gasteiger partial charge is 0.315 e. The quantitative estimate of drug-likeness (QED) is 0.808. The molecule has 1 atom stereocenters. The average molecular weight is 326 g/mol. The molecule has 124 valence electrons. The third-order valence-corrected chi connectivity index (χ3v) is 4.47. The molecule has 1 aromatic carbocycles. The molecule has 1 aromatic rings. The third-order valence-electron chi connectivity index (χ3n) is 3.52. The van der Waals surface area contributed by atoms with Crippen LogP contribution in [0.2, 0.25) is 0 Å². The van der Waals surface area contributed by atoms with Gasteiger partial charge in [0.15, 0.2) is 0 Å². The molecule has 0 saturated carbocycles. The SMILES string of the molecule is C[C@H](NC(=O)NCC(C)(C)CCS(C)(=O)=O)c1ccccc1. The Bertz CT molecular complexity index is 583. The maximum Gasteiger partial charge on any atom is 0.315 e. The summed E-state index contributed by atoms with van der Waals surface area (Å²) in [6.07, 6.45) is 1.74. The Labute approximate surface area is 133 Å². The molecule has 5 nitrogen and oxygen atoms in total. The molecule has 6 heteroatoms. The van der Waals surface area contributed by atoms with E-state index in [1.165, 1.54) is 6.26 Å². The standard InChI is InChI=1S/C16H26N2O3S/c1-13(14-8-6-5-7-9-14)18-15(19)17-12-16(2,3)10-11-22(4,20)21/h5-9,13H,10-12H2,1-4H3,(H2,17,18,19)/t13-/m0/s1. The zero-order valence-corrected chi connectivity index (χ0v) is 14.5. The van der Waals surface area contributed by atoms with Crippen molar-refractivity contribution >= 4 is 15.9 Å². The van der Waals surface area contributed by atoms with E-state index in [0.717, 1.165) is 5.56 Å². The highest BCUT2D eigenvalue weighted by Gasteiger charge is 2.21. The van der Waals surface area contributed by atoms with Gasteiger partial charge in [-0.25, -0.2) is 13.2 Å². The van der Waals surface area contributed by atoms with Crippen LogP contribution in [0.5, 0.6) is 0 Å². The number of benzene rings is 1. The van der Waals surface area contributed by atoms with Crippen LogP contribution in [0, 0.1) is 5.41 Å². The van der Waals surface area contributed by atoms with Gasteiger partial charge in [0.05, 0.1) is 11.8 Å². The summed E-state index contributed by atoms with van der Waals surface area (Å²) in [5.41, 5.74) is 0.769. The maximum absolute atomic E-state index is 11.9. The van der Waals surface area contributed by atoms with Crippen molar-refractivity contribution in [3.05, 3.63) is 35.9 Å². The molecule has 22 heavy (non-hydrogen) atoms. The first-order valence-electron chi connectivity index (χ1n) is 7.36. The Morgan fingerprint density at radius 1 is 1.23 bits per heavy atom. The lowest BCUT2D eigenvalue weighted by Gasteiger charge is -2.25. The van der Waals surface area contributed by atoms with Gasteiger partial charge in [-0.05, 0) is 24.3 Å². The van der Waals surface area contributed by atoms with Crippen LogP contribution in [0.3, 0.4) is 0 Å². The predicted octanol–water partition coefficient (Wildman–Crippen LogP) is 2.51. The number of hydrogen-bond acceptors (Lipinski definition) is 3. The second-order valence-electron chi connectivity index (χ2n) is 6.50. The fraction of sp³-hybridized carbons (Fsp3) is 0.562. The highest BCUT2D eigenvalue weighted by molar-refractivity contribution is 7.90. The maximum atomic E-state index is 11.9. The Kier molecular flexibility index (Phi) is 6.41. The molecule has 0 unspecified atom stereocenters. The second-order valence-corrected chi connectivity index (χ2v) is 8.76. The Balaban J connectivity index is 2.42. The van der Waals surface area contributed by atoms with Gasteiger partial charge in [0, 0.05) is 12.8 Å². The first kappa shape index (κ1) is 18.5. The fourth-order valence-corrected chi connectivity index (χ4v) is 2.87. The first-order chi connectivity index (χ1) is 10.1. The molecular formula is C16H26N2O3S. The highest BCUT2D eigenvalue weighted by Crippen LogP contribution is 2.20. The topological polar surface area (TPSA) is 75.3 Å². The zero-order chi connectivity index (χ0) is 16.8. The van der Waals surface area contributed by atoms with E-state index in [4.69, 9.17) is 0 Å². The van der Waals surface area contributed by atoms with Crippen molar-refractivity contribution in [2.24, 2.45) is 5.41 Å². The number of rotatable bonds is 7. The summed E-state index contributed by atoms with van der Waals surface area (Å²) in [5.74, 6) is 0.129. The molecule has 0 aliphatic rings. The van der Waals surface area contributed by atoms with Crippen LogP contribution in [0.4, 0.5) is 4.79 Å². The van der Waals surface area contributed by atoms with Gasteiger partial charge >= 0.3 is 6.03 Å². The van der Waals surface area contributed by atoms with Crippen molar-refractivity contribution in [1.82, 2.24) is 10.6 Å². The normalized spacial score (nSPS) is 13.5. The summed E-state index contributed by atoms with van der Waals surface area (Å²) >= 11 is 0. The largest absolute Gasteiger partial charge is 0.338 e. The average Bonchev–Trinajstić information content (AvgIpc) is 2.44. The van der Waals surface area contributed by atoms with E-state index in [1.807, 2.05) is 51.1 Å². The number of amides is 2. The molecule has 0 bridgehead atoms. The molecule has 0 heterocycles. The summed E-state index contributed by atoms with van der Waals surface area (Å²) in [5, 5.41) is 5.69. The van der Waals surface area contributed by atoms with Crippen molar-refractivity contribution in [3.63, 3.8) is 0 Å². The zero-order valence-electron chi connectivity index (χ0n) is 13.7. The Hall–Kier alpha value is -1.56. The minimum atomic E-state index is -2.98. The van der Waals surface area contributed by atoms with Crippen LogP contribution in [0.25, 0.3) is 0 Å². The van der Waals surface area contributed by atoms with Gasteiger partial charge in [-0.2, -0.15) is 0 Å². The summed E-state index contributed by atoms with van der Waals surface area (Å²) in [6, 6.07) is 9.38. The molecule has 0 fully saturated rings. The van der Waals surface area contributed by atoms with Crippen molar-refractivity contribution in [2.45, 2.75) is 33.2 Å². The minimum Gasteiger partial charge on any atom is -0.338 e. The summed E-state index contributed by atoms with van der Waals surface area (Å²) in [6.45, 7) is 6.23. The number of carbonyl (C=O) groups is 1. The monoisotopic (exact) mass is 326 g/mol. The number of hydrogen-bond donors (Lipinski definition) is 2. The van der Waals surface area contributed by atoms with Gasteiger partial charge in [0.1, 0.15) is 9.84 Å². The predicted molar refractivity (Wildman–Crippen MR) is 89.5 cm³/mol. The number of carbonyl (C=O) groups excluding carboxylic acids is 1.